The average Bonchev–Trinajstić information content (AvgIpc) is 2.34. The van der Waals surface area contributed by atoms with Crippen LogP contribution in [0.4, 0.5) is 15.8 Å². The summed E-state index contributed by atoms with van der Waals surface area (Å²) in [4.78, 5) is 23.0. The van der Waals surface area contributed by atoms with Gasteiger partial charge in [0.2, 0.25) is 0 Å². The van der Waals surface area contributed by atoms with Crippen LogP contribution in [0, 0.1) is 15.9 Å². The molecule has 0 aliphatic heterocycles. The number of hydrogen-bond acceptors (Lipinski definition) is 4. The third-order valence-electron chi connectivity index (χ3n) is 2.89. The van der Waals surface area contributed by atoms with Gasteiger partial charge in [0.15, 0.2) is 0 Å². The second kappa shape index (κ2) is 6.31. The van der Waals surface area contributed by atoms with Gasteiger partial charge in [-0.3, -0.25) is 10.1 Å². The number of carbonyl (C=O) groups is 1. The summed E-state index contributed by atoms with van der Waals surface area (Å²) >= 11 is 0. The van der Waals surface area contributed by atoms with E-state index in [4.69, 9.17) is 5.11 Å². The summed E-state index contributed by atoms with van der Waals surface area (Å²) in [6, 6.07) is 1.64. The number of benzene rings is 1. The summed E-state index contributed by atoms with van der Waals surface area (Å²) in [5.41, 5.74) is -0.985. The van der Waals surface area contributed by atoms with Crippen molar-refractivity contribution in [2.45, 2.75) is 33.2 Å². The maximum atomic E-state index is 13.8. The maximum absolute atomic E-state index is 13.8. The molecular formula is C13H17FN2O4. The van der Waals surface area contributed by atoms with Gasteiger partial charge in [0.05, 0.1) is 4.92 Å². The number of aromatic carboxylic acids is 1. The van der Waals surface area contributed by atoms with Crippen molar-refractivity contribution in [2.24, 2.45) is 0 Å². The van der Waals surface area contributed by atoms with Gasteiger partial charge in [0.25, 0.3) is 5.69 Å². The summed E-state index contributed by atoms with van der Waals surface area (Å²) in [6.45, 7) is 6.10. The second-order valence-electron chi connectivity index (χ2n) is 4.67. The first kappa shape index (κ1) is 15.9. The molecule has 1 aromatic carbocycles. The Balaban J connectivity index is 3.48. The monoisotopic (exact) mass is 284 g/mol. The van der Waals surface area contributed by atoms with Crippen molar-refractivity contribution in [3.8, 4) is 0 Å². The third-order valence-corrected chi connectivity index (χ3v) is 2.89. The van der Waals surface area contributed by atoms with Gasteiger partial charge in [-0.25, -0.2) is 9.18 Å². The van der Waals surface area contributed by atoms with Gasteiger partial charge < -0.3 is 10.0 Å². The van der Waals surface area contributed by atoms with E-state index in [2.05, 4.69) is 0 Å². The topological polar surface area (TPSA) is 83.7 Å². The number of nitrogens with zero attached hydrogens (tertiary/aromatic N) is 2. The van der Waals surface area contributed by atoms with E-state index >= 15 is 0 Å². The van der Waals surface area contributed by atoms with Crippen LogP contribution in [0.5, 0.6) is 0 Å². The predicted molar refractivity (Wildman–Crippen MR) is 72.8 cm³/mol. The first-order chi connectivity index (χ1) is 9.29. The predicted octanol–water partition coefficient (Wildman–Crippen LogP) is 3.06. The standard InChI is InChI=1S/C13H17FN2O4/c1-4-5-15(8(2)3)11-7-10(14)9(13(17)18)6-12(11)16(19)20/h6-8H,4-5H2,1-3H3,(H,17,18). The Morgan fingerprint density at radius 3 is 2.50 bits per heavy atom. The van der Waals surface area contributed by atoms with Gasteiger partial charge in [-0.2, -0.15) is 0 Å². The van der Waals surface area contributed by atoms with Crippen LogP contribution in [0.3, 0.4) is 0 Å². The zero-order chi connectivity index (χ0) is 15.4. The van der Waals surface area contributed by atoms with E-state index in [0.29, 0.717) is 6.54 Å². The highest BCUT2D eigenvalue weighted by atomic mass is 19.1. The van der Waals surface area contributed by atoms with Crippen LogP contribution in [0.1, 0.15) is 37.6 Å². The molecule has 1 N–H and O–H groups in total. The summed E-state index contributed by atoms with van der Waals surface area (Å²) in [6.07, 6.45) is 0.734. The number of rotatable bonds is 6. The van der Waals surface area contributed by atoms with E-state index in [1.165, 1.54) is 0 Å². The van der Waals surface area contributed by atoms with Crippen molar-refractivity contribution in [1.82, 2.24) is 0 Å². The molecule has 1 rings (SSSR count). The van der Waals surface area contributed by atoms with Crippen LogP contribution in [-0.2, 0) is 0 Å². The Bertz CT molecular complexity index is 531. The van der Waals surface area contributed by atoms with E-state index in [1.54, 1.807) is 4.90 Å². The lowest BCUT2D eigenvalue weighted by atomic mass is 10.1. The van der Waals surface area contributed by atoms with Crippen LogP contribution in [0.2, 0.25) is 0 Å². The summed E-state index contributed by atoms with van der Waals surface area (Å²) < 4.78 is 13.8. The van der Waals surface area contributed by atoms with Crippen molar-refractivity contribution >= 4 is 17.3 Å². The highest BCUT2D eigenvalue weighted by molar-refractivity contribution is 5.90. The summed E-state index contributed by atoms with van der Waals surface area (Å²) in [7, 11) is 0. The fraction of sp³-hybridized carbons (Fsp3) is 0.462. The van der Waals surface area contributed by atoms with Gasteiger partial charge in [-0.15, -0.1) is 0 Å². The molecule has 0 saturated heterocycles. The number of carboxylic acids is 1. The second-order valence-corrected chi connectivity index (χ2v) is 4.67. The number of anilines is 1. The van der Waals surface area contributed by atoms with Gasteiger partial charge >= 0.3 is 5.97 Å². The van der Waals surface area contributed by atoms with Gasteiger partial charge in [-0.1, -0.05) is 6.92 Å². The van der Waals surface area contributed by atoms with E-state index in [-0.39, 0.29) is 11.7 Å². The van der Waals surface area contributed by atoms with E-state index < -0.39 is 28.0 Å². The normalized spacial score (nSPS) is 10.7. The zero-order valence-electron chi connectivity index (χ0n) is 11.6. The molecule has 20 heavy (non-hydrogen) atoms. The van der Waals surface area contributed by atoms with Crippen LogP contribution >= 0.6 is 0 Å². The molecule has 0 aliphatic carbocycles. The Morgan fingerprint density at radius 2 is 2.10 bits per heavy atom. The molecule has 0 heterocycles. The van der Waals surface area contributed by atoms with Gasteiger partial charge in [-0.05, 0) is 20.3 Å². The van der Waals surface area contributed by atoms with Crippen LogP contribution in [-0.4, -0.2) is 28.6 Å². The highest BCUT2D eigenvalue weighted by Gasteiger charge is 2.26. The molecule has 110 valence electrons. The number of hydrogen-bond donors (Lipinski definition) is 1. The van der Waals surface area contributed by atoms with Crippen molar-refractivity contribution in [2.75, 3.05) is 11.4 Å². The number of carboxylic acid groups (broad SMARTS) is 1. The largest absolute Gasteiger partial charge is 0.478 e. The van der Waals surface area contributed by atoms with Gasteiger partial charge in [0, 0.05) is 24.7 Å². The van der Waals surface area contributed by atoms with Crippen molar-refractivity contribution in [1.29, 1.82) is 0 Å². The molecule has 7 heteroatoms. The highest BCUT2D eigenvalue weighted by Crippen LogP contribution is 2.32. The Labute approximate surface area is 116 Å². The molecule has 1 aromatic rings. The molecule has 0 amide bonds. The molecular weight excluding hydrogens is 267 g/mol. The molecule has 0 aliphatic rings. The Kier molecular flexibility index (Phi) is 5.01. The number of halogens is 1. The molecule has 0 aromatic heterocycles. The summed E-state index contributed by atoms with van der Waals surface area (Å²) in [5.74, 6) is -2.50. The van der Waals surface area contributed by atoms with Crippen LogP contribution in [0.25, 0.3) is 0 Å². The molecule has 0 atom stereocenters. The first-order valence-corrected chi connectivity index (χ1v) is 6.27. The molecule has 6 nitrogen and oxygen atoms in total. The lowest BCUT2D eigenvalue weighted by molar-refractivity contribution is -0.384. The van der Waals surface area contributed by atoms with Crippen LogP contribution < -0.4 is 4.90 Å². The smallest absolute Gasteiger partial charge is 0.338 e. The molecule has 0 bridgehead atoms. The first-order valence-electron chi connectivity index (χ1n) is 6.27. The molecule has 0 fully saturated rings. The maximum Gasteiger partial charge on any atom is 0.338 e. The van der Waals surface area contributed by atoms with E-state index in [9.17, 15) is 19.3 Å². The van der Waals surface area contributed by atoms with E-state index in [0.717, 1.165) is 18.6 Å². The van der Waals surface area contributed by atoms with Gasteiger partial charge in [0.1, 0.15) is 17.1 Å². The zero-order valence-corrected chi connectivity index (χ0v) is 11.6. The Hall–Kier alpha value is -2.18. The molecule has 0 spiro atoms. The fourth-order valence-corrected chi connectivity index (χ4v) is 1.99. The van der Waals surface area contributed by atoms with Crippen molar-refractivity contribution < 1.29 is 19.2 Å². The lowest BCUT2D eigenvalue weighted by Crippen LogP contribution is -2.32. The minimum absolute atomic E-state index is 0.0660. The molecule has 0 saturated carbocycles. The van der Waals surface area contributed by atoms with E-state index in [1.807, 2.05) is 20.8 Å². The lowest BCUT2D eigenvalue weighted by Gasteiger charge is -2.28. The number of nitro groups is 1. The summed E-state index contributed by atoms with van der Waals surface area (Å²) in [5, 5.41) is 19.9. The molecule has 0 unspecified atom stereocenters. The van der Waals surface area contributed by atoms with Crippen LogP contribution in [0.15, 0.2) is 12.1 Å². The third kappa shape index (κ3) is 3.23. The Morgan fingerprint density at radius 1 is 1.50 bits per heavy atom. The van der Waals surface area contributed by atoms with Crippen molar-refractivity contribution in [3.63, 3.8) is 0 Å². The average molecular weight is 284 g/mol. The SMILES string of the molecule is CCCN(c1cc(F)c(C(=O)O)cc1[N+](=O)[O-])C(C)C. The quantitative estimate of drug-likeness (QED) is 0.641. The minimum atomic E-state index is -1.52. The molecule has 0 radical (unpaired) electrons. The minimum Gasteiger partial charge on any atom is -0.478 e. The van der Waals surface area contributed by atoms with Crippen molar-refractivity contribution in [3.05, 3.63) is 33.6 Å². The fourth-order valence-electron chi connectivity index (χ4n) is 1.99. The number of nitro benzene ring substituents is 1.